The summed E-state index contributed by atoms with van der Waals surface area (Å²) in [5, 5.41) is 12.4. The van der Waals surface area contributed by atoms with Gasteiger partial charge < -0.3 is 15.3 Å². The quantitative estimate of drug-likeness (QED) is 0.0613. The molecule has 3 aromatic rings. The number of carbonyl (C=O) groups excluding carboxylic acids is 1. The van der Waals surface area contributed by atoms with Crippen LogP contribution in [-0.2, 0) is 42.3 Å². The van der Waals surface area contributed by atoms with Gasteiger partial charge in [0.15, 0.2) is 5.71 Å². The monoisotopic (exact) mass is 762 g/mol. The highest BCUT2D eigenvalue weighted by molar-refractivity contribution is 7.86. The highest BCUT2D eigenvalue weighted by atomic mass is 32.2. The predicted molar refractivity (Wildman–Crippen MR) is 206 cm³/mol. The Morgan fingerprint density at radius 2 is 1.47 bits per heavy atom. The number of nitrogens with one attached hydrogen (secondary N) is 1. The minimum atomic E-state index is -4.40. The van der Waals surface area contributed by atoms with Crippen LogP contribution in [0.25, 0.3) is 0 Å². The first-order chi connectivity index (χ1) is 24.8. The maximum atomic E-state index is 12.4. The van der Waals surface area contributed by atoms with E-state index in [2.05, 4.69) is 23.7 Å². The molecule has 0 atom stereocenters. The van der Waals surface area contributed by atoms with E-state index in [1.807, 2.05) is 68.3 Å². The number of unbranched alkanes of at least 4 members (excludes halogenated alkanes) is 2. The number of phenols is 1. The second-order valence-corrected chi connectivity index (χ2v) is 17.4. The summed E-state index contributed by atoms with van der Waals surface area (Å²) >= 11 is 0. The maximum absolute atomic E-state index is 12.4. The summed E-state index contributed by atoms with van der Waals surface area (Å²) in [6.07, 6.45) is 13.1. The molecule has 0 radical (unpaired) electrons. The van der Waals surface area contributed by atoms with Gasteiger partial charge in [-0.3, -0.25) is 13.9 Å². The van der Waals surface area contributed by atoms with E-state index in [1.165, 1.54) is 24.3 Å². The van der Waals surface area contributed by atoms with Crippen molar-refractivity contribution in [2.24, 2.45) is 0 Å². The van der Waals surface area contributed by atoms with E-state index < -0.39 is 31.1 Å². The van der Waals surface area contributed by atoms with Gasteiger partial charge in [0, 0.05) is 60.9 Å². The predicted octanol–water partition coefficient (Wildman–Crippen LogP) is 6.61. The molecule has 11 nitrogen and oxygen atoms in total. The number of phenolic OH excluding ortho intramolecular Hbond substituents is 1. The van der Waals surface area contributed by atoms with Gasteiger partial charge in [-0.15, -0.1) is 0 Å². The van der Waals surface area contributed by atoms with E-state index in [0.29, 0.717) is 38.0 Å². The lowest BCUT2D eigenvalue weighted by atomic mass is 9.81. The number of nitrogens with zero attached hydrogens (tertiary/aromatic N) is 2. The number of carbonyl (C=O) groups is 1. The van der Waals surface area contributed by atoms with Gasteiger partial charge in [0.2, 0.25) is 11.6 Å². The summed E-state index contributed by atoms with van der Waals surface area (Å²) in [6.45, 7) is 9.29. The Morgan fingerprint density at radius 1 is 0.811 bits per heavy atom. The van der Waals surface area contributed by atoms with Crippen molar-refractivity contribution in [3.8, 4) is 5.75 Å². The average Bonchev–Trinajstić information content (AvgIpc) is 3.41. The summed E-state index contributed by atoms with van der Waals surface area (Å²) in [5.74, 6) is 0.200. The van der Waals surface area contributed by atoms with Crippen molar-refractivity contribution in [1.82, 2.24) is 5.32 Å². The first-order valence-corrected chi connectivity index (χ1v) is 20.4. The molecule has 282 valence electrons. The summed E-state index contributed by atoms with van der Waals surface area (Å²) in [7, 11) is -6.89. The third-order valence-corrected chi connectivity index (χ3v) is 11.9. The van der Waals surface area contributed by atoms with Gasteiger partial charge in [-0.25, -0.2) is 0 Å². The Kier molecular flexibility index (Phi) is 11.5. The van der Waals surface area contributed by atoms with Crippen LogP contribution in [0.15, 0.2) is 107 Å². The zero-order valence-corrected chi connectivity index (χ0v) is 32.3. The number of hydrogen-bond donors (Lipinski definition) is 4. The van der Waals surface area contributed by atoms with Crippen LogP contribution in [0.1, 0.15) is 70.1 Å². The van der Waals surface area contributed by atoms with E-state index in [-0.39, 0.29) is 21.4 Å². The normalized spacial score (nSPS) is 17.3. The number of allylic oxidation sites excluding steroid dienone is 6. The molecule has 2 aliphatic heterocycles. The maximum Gasteiger partial charge on any atom is 0.294 e. The fourth-order valence-corrected chi connectivity index (χ4v) is 8.24. The van der Waals surface area contributed by atoms with E-state index >= 15 is 0 Å². The number of anilines is 1. The Morgan fingerprint density at radius 3 is 2.15 bits per heavy atom. The van der Waals surface area contributed by atoms with Gasteiger partial charge >= 0.3 is 0 Å². The summed E-state index contributed by atoms with van der Waals surface area (Å²) in [6, 6.07) is 16.2. The topological polar surface area (TPSA) is 164 Å². The molecule has 3 aromatic carbocycles. The van der Waals surface area contributed by atoms with Crippen LogP contribution in [0.2, 0.25) is 0 Å². The standard InChI is InChI=1S/C40H47N3O8S2/c1-39(2)32-21-19-31(53(49,50)51)27-35(32)42(5)36(39)12-8-6-9-13-37-40(3,4)33-26-30(52(46,47)48)20-22-34(33)43(37)25-11-7-10-14-38(45)41-24-23-28-15-17-29(44)18-16-28/h6,8-9,12-13,15-22,26-27H,7,10-11,14,23-25H2,1-5H3,(H3-,41,44,45,46,47,48,49,50,51)/p+1. The van der Waals surface area contributed by atoms with Crippen LogP contribution < -0.4 is 10.2 Å². The highest BCUT2D eigenvalue weighted by Crippen LogP contribution is 2.47. The molecule has 0 unspecified atom stereocenters. The van der Waals surface area contributed by atoms with Crippen LogP contribution in [0.5, 0.6) is 5.75 Å². The number of aromatic hydroxyl groups is 1. The number of amides is 1. The summed E-state index contributed by atoms with van der Waals surface area (Å²) in [5.41, 5.74) is 5.20. The first-order valence-electron chi connectivity index (χ1n) is 17.5. The molecule has 4 N–H and O–H groups in total. The Labute approximate surface area is 312 Å². The second-order valence-electron chi connectivity index (χ2n) is 14.5. The van der Waals surface area contributed by atoms with E-state index in [9.17, 15) is 35.8 Å². The first kappa shape index (κ1) is 39.6. The van der Waals surface area contributed by atoms with Gasteiger partial charge in [0.05, 0.1) is 15.2 Å². The molecule has 0 spiro atoms. The molecule has 5 rings (SSSR count). The smallest absolute Gasteiger partial charge is 0.294 e. The molecular weight excluding hydrogens is 715 g/mol. The molecule has 0 saturated carbocycles. The van der Waals surface area contributed by atoms with E-state index in [4.69, 9.17) is 0 Å². The van der Waals surface area contributed by atoms with Crippen LogP contribution >= 0.6 is 0 Å². The number of likely N-dealkylation sites (N-methyl/N-ethyl adjacent to an activating group) is 1. The van der Waals surface area contributed by atoms with Crippen molar-refractivity contribution in [3.63, 3.8) is 0 Å². The Bertz CT molecular complexity index is 2230. The van der Waals surface area contributed by atoms with Gasteiger partial charge in [0.1, 0.15) is 12.3 Å². The lowest BCUT2D eigenvalue weighted by Gasteiger charge is -2.23. The van der Waals surface area contributed by atoms with E-state index in [1.54, 1.807) is 24.3 Å². The van der Waals surface area contributed by atoms with Crippen molar-refractivity contribution >= 4 is 43.2 Å². The summed E-state index contributed by atoms with van der Waals surface area (Å²) < 4.78 is 69.1. The highest BCUT2D eigenvalue weighted by Gasteiger charge is 2.45. The summed E-state index contributed by atoms with van der Waals surface area (Å²) in [4.78, 5) is 14.0. The largest absolute Gasteiger partial charge is 0.508 e. The van der Waals surface area contributed by atoms with Crippen LogP contribution in [0.4, 0.5) is 11.4 Å². The molecule has 0 fully saturated rings. The Balaban J connectivity index is 1.28. The second kappa shape index (κ2) is 15.4. The minimum Gasteiger partial charge on any atom is -0.508 e. The minimum absolute atomic E-state index is 0.00923. The average molecular weight is 763 g/mol. The molecule has 0 aliphatic carbocycles. The lowest BCUT2D eigenvalue weighted by molar-refractivity contribution is -0.438. The van der Waals surface area contributed by atoms with Gasteiger partial charge in [-0.1, -0.05) is 50.3 Å². The van der Waals surface area contributed by atoms with Crippen molar-refractivity contribution in [3.05, 3.63) is 113 Å². The third-order valence-electron chi connectivity index (χ3n) is 10.2. The molecular formula is C40H48N3O8S2+. The van der Waals surface area contributed by atoms with Crippen LogP contribution in [0, 0.1) is 0 Å². The third kappa shape index (κ3) is 8.81. The molecule has 1 amide bonds. The van der Waals surface area contributed by atoms with Crippen molar-refractivity contribution < 1.29 is 40.4 Å². The number of benzene rings is 3. The molecule has 13 heteroatoms. The van der Waals surface area contributed by atoms with Gasteiger partial charge in [0.25, 0.3) is 20.2 Å². The fraction of sp³-hybridized carbons (Fsp3) is 0.350. The van der Waals surface area contributed by atoms with Gasteiger partial charge in [-0.2, -0.15) is 21.4 Å². The van der Waals surface area contributed by atoms with Gasteiger partial charge in [-0.05, 0) is 86.7 Å². The molecule has 0 aromatic heterocycles. The molecule has 0 bridgehead atoms. The van der Waals surface area contributed by atoms with Crippen molar-refractivity contribution in [1.29, 1.82) is 0 Å². The van der Waals surface area contributed by atoms with Crippen LogP contribution in [-0.4, -0.2) is 67.4 Å². The van der Waals surface area contributed by atoms with E-state index in [0.717, 1.165) is 46.6 Å². The number of hydrogen-bond acceptors (Lipinski definition) is 7. The number of rotatable bonds is 14. The lowest BCUT2D eigenvalue weighted by Crippen LogP contribution is -2.28. The zero-order valence-electron chi connectivity index (χ0n) is 30.7. The van der Waals surface area contributed by atoms with Crippen LogP contribution in [0.3, 0.4) is 0 Å². The molecule has 53 heavy (non-hydrogen) atoms. The molecule has 0 saturated heterocycles. The molecule has 2 aliphatic rings. The fourth-order valence-electron chi connectivity index (χ4n) is 7.23. The van der Waals surface area contributed by atoms with Crippen molar-refractivity contribution in [2.75, 3.05) is 25.0 Å². The zero-order chi connectivity index (χ0) is 38.8. The SMILES string of the molecule is CN1/C(=C/C=C/C=C/C2=[N+](CCCCCC(=O)NCCc3ccc(O)cc3)c3ccc(S(=O)(=O)O)cc3C2(C)C)C(C)(C)c2ccc(S(=O)(=O)O)cc21. The Hall–Kier alpha value is -4.56. The molecule has 2 heterocycles. The van der Waals surface area contributed by atoms with Crippen molar-refractivity contribution in [2.45, 2.75) is 80.4 Å². The number of fused-ring (bicyclic) bond motifs is 2.